The molecule has 0 unspecified atom stereocenters. The van der Waals surface area contributed by atoms with Crippen LogP contribution < -0.4 is 4.74 Å². The van der Waals surface area contributed by atoms with E-state index in [2.05, 4.69) is 31.2 Å². The Bertz CT molecular complexity index is 731. The molecule has 29 heavy (non-hydrogen) atoms. The zero-order valence-electron chi connectivity index (χ0n) is 18.0. The van der Waals surface area contributed by atoms with Gasteiger partial charge in [-0.15, -0.1) is 0 Å². The number of hydrogen-bond acceptors (Lipinski definition) is 4. The maximum absolute atomic E-state index is 9.90. The number of allylic oxidation sites excluding steroid dienone is 3. The Morgan fingerprint density at radius 2 is 1.86 bits per heavy atom. The molecule has 2 fully saturated rings. The zero-order chi connectivity index (χ0) is 21.0. The van der Waals surface area contributed by atoms with E-state index in [4.69, 9.17) is 4.74 Å². The van der Waals surface area contributed by atoms with E-state index in [1.54, 1.807) is 13.8 Å². The van der Waals surface area contributed by atoms with Crippen molar-refractivity contribution in [2.75, 3.05) is 6.61 Å². The van der Waals surface area contributed by atoms with Crippen LogP contribution in [0, 0.1) is 5.92 Å². The minimum atomic E-state index is -0.849. The van der Waals surface area contributed by atoms with Crippen LogP contribution in [0.3, 0.4) is 0 Å². The summed E-state index contributed by atoms with van der Waals surface area (Å²) in [5.41, 5.74) is 3.01. The van der Waals surface area contributed by atoms with Gasteiger partial charge in [0.15, 0.2) is 0 Å². The molecular weight excluding hydrogens is 364 g/mol. The van der Waals surface area contributed by atoms with Gasteiger partial charge in [-0.2, -0.15) is 0 Å². The molecule has 2 saturated carbocycles. The summed E-state index contributed by atoms with van der Waals surface area (Å²) in [6, 6.07) is 8.27. The summed E-state index contributed by atoms with van der Waals surface area (Å²) in [6.07, 6.45) is 8.73. The van der Waals surface area contributed by atoms with Crippen LogP contribution >= 0.6 is 0 Å². The molecule has 0 spiro atoms. The Hall–Kier alpha value is -1.62. The van der Waals surface area contributed by atoms with E-state index in [0.29, 0.717) is 31.1 Å². The second kappa shape index (κ2) is 9.46. The van der Waals surface area contributed by atoms with Crippen LogP contribution in [-0.2, 0) is 0 Å². The van der Waals surface area contributed by atoms with E-state index in [0.717, 1.165) is 30.6 Å². The van der Waals surface area contributed by atoms with Crippen LogP contribution in [0.5, 0.6) is 5.75 Å². The first-order chi connectivity index (χ1) is 13.7. The number of rotatable bonds is 5. The average molecular weight is 401 g/mol. The number of hydrogen-bond donors (Lipinski definition) is 3. The van der Waals surface area contributed by atoms with Gasteiger partial charge in [-0.25, -0.2) is 0 Å². The van der Waals surface area contributed by atoms with Crippen molar-refractivity contribution in [2.24, 2.45) is 5.92 Å². The highest BCUT2D eigenvalue weighted by Gasteiger charge is 2.27. The van der Waals surface area contributed by atoms with E-state index in [1.807, 2.05) is 12.1 Å². The van der Waals surface area contributed by atoms with Crippen LogP contribution in [0.2, 0.25) is 0 Å². The summed E-state index contributed by atoms with van der Waals surface area (Å²) < 4.78 is 5.79. The van der Waals surface area contributed by atoms with Crippen molar-refractivity contribution in [1.82, 2.24) is 0 Å². The Morgan fingerprint density at radius 3 is 2.55 bits per heavy atom. The van der Waals surface area contributed by atoms with Crippen molar-refractivity contribution in [3.05, 3.63) is 53.1 Å². The smallest absolute Gasteiger partial charge is 0.119 e. The van der Waals surface area contributed by atoms with Gasteiger partial charge < -0.3 is 20.1 Å². The summed E-state index contributed by atoms with van der Waals surface area (Å²) in [5, 5.41) is 29.7. The van der Waals surface area contributed by atoms with Crippen LogP contribution in [0.15, 0.2) is 47.6 Å². The van der Waals surface area contributed by atoms with Crippen molar-refractivity contribution in [3.8, 4) is 5.75 Å². The maximum atomic E-state index is 9.90. The largest absolute Gasteiger partial charge is 0.491 e. The lowest BCUT2D eigenvalue weighted by Crippen LogP contribution is -2.27. The van der Waals surface area contributed by atoms with Gasteiger partial charge in [-0.3, -0.25) is 0 Å². The molecule has 3 rings (SSSR count). The highest BCUT2D eigenvalue weighted by Crippen LogP contribution is 2.41. The van der Waals surface area contributed by atoms with Crippen molar-refractivity contribution in [3.63, 3.8) is 0 Å². The highest BCUT2D eigenvalue weighted by molar-refractivity contribution is 5.34. The predicted octanol–water partition coefficient (Wildman–Crippen LogP) is 4.50. The summed E-state index contributed by atoms with van der Waals surface area (Å²) in [5.74, 6) is 1.69. The van der Waals surface area contributed by atoms with Crippen LogP contribution in [0.25, 0.3) is 0 Å². The van der Waals surface area contributed by atoms with E-state index in [-0.39, 0.29) is 6.61 Å². The molecule has 2 aliphatic carbocycles. The van der Waals surface area contributed by atoms with Gasteiger partial charge in [0.2, 0.25) is 0 Å². The SMILES string of the molecule is C[C@@H]1/C(=C/C=C2C[C@@H](O)C[C@H](O)C2)CCC[C@H]1c1cccc(OCC(C)(C)O)c1. The van der Waals surface area contributed by atoms with E-state index >= 15 is 0 Å². The van der Waals surface area contributed by atoms with Crippen LogP contribution in [0.4, 0.5) is 0 Å². The predicted molar refractivity (Wildman–Crippen MR) is 116 cm³/mol. The van der Waals surface area contributed by atoms with Gasteiger partial charge in [-0.05, 0) is 81.9 Å². The lowest BCUT2D eigenvalue weighted by atomic mass is 9.73. The summed E-state index contributed by atoms with van der Waals surface area (Å²) in [7, 11) is 0. The molecule has 4 nitrogen and oxygen atoms in total. The Morgan fingerprint density at radius 1 is 1.14 bits per heavy atom. The maximum Gasteiger partial charge on any atom is 0.119 e. The molecular formula is C25H36O4. The van der Waals surface area contributed by atoms with Crippen molar-refractivity contribution in [2.45, 2.75) is 83.0 Å². The summed E-state index contributed by atoms with van der Waals surface area (Å²) in [4.78, 5) is 0. The molecule has 0 radical (unpaired) electrons. The van der Waals surface area contributed by atoms with Gasteiger partial charge >= 0.3 is 0 Å². The first-order valence-corrected chi connectivity index (χ1v) is 10.9. The van der Waals surface area contributed by atoms with Crippen molar-refractivity contribution in [1.29, 1.82) is 0 Å². The second-order valence-electron chi connectivity index (χ2n) is 9.48. The molecule has 4 heteroatoms. The normalized spacial score (nSPS) is 29.7. The fraction of sp³-hybridized carbons (Fsp3) is 0.600. The van der Waals surface area contributed by atoms with Gasteiger partial charge in [0.25, 0.3) is 0 Å². The molecule has 3 N–H and O–H groups in total. The molecule has 0 heterocycles. The monoisotopic (exact) mass is 400 g/mol. The van der Waals surface area contributed by atoms with Gasteiger partial charge in [0.1, 0.15) is 12.4 Å². The number of ether oxygens (including phenoxy) is 1. The minimum absolute atomic E-state index is 0.271. The number of benzene rings is 1. The fourth-order valence-electron chi connectivity index (χ4n) is 4.58. The van der Waals surface area contributed by atoms with E-state index in [9.17, 15) is 15.3 Å². The number of aliphatic hydroxyl groups excluding tert-OH is 2. The van der Waals surface area contributed by atoms with Gasteiger partial charge in [0, 0.05) is 0 Å². The average Bonchev–Trinajstić information content (AvgIpc) is 2.64. The third-order valence-electron chi connectivity index (χ3n) is 6.12. The molecule has 0 bridgehead atoms. The Kier molecular flexibility index (Phi) is 7.20. The Balaban J connectivity index is 1.71. The van der Waals surface area contributed by atoms with Gasteiger partial charge in [0.05, 0.1) is 17.8 Å². The van der Waals surface area contributed by atoms with Gasteiger partial charge in [-0.1, -0.05) is 42.4 Å². The standard InChI is InChI=1S/C25H36O4/c1-17-19(11-10-18-12-21(26)15-22(27)13-18)6-5-9-24(17)20-7-4-8-23(14-20)29-16-25(2,3)28/h4,7-8,10-11,14,17,21-22,24,26-28H,5-6,9,12-13,15-16H2,1-3H3/b19-11+/t17-,21-,22-,24-/m1/s1. The van der Waals surface area contributed by atoms with E-state index < -0.39 is 17.8 Å². The third kappa shape index (κ3) is 6.43. The molecule has 0 amide bonds. The molecule has 160 valence electrons. The minimum Gasteiger partial charge on any atom is -0.491 e. The van der Waals surface area contributed by atoms with Crippen LogP contribution in [-0.4, -0.2) is 39.7 Å². The number of aliphatic hydroxyl groups is 3. The quantitative estimate of drug-likeness (QED) is 0.681. The molecule has 1 aromatic carbocycles. The lowest BCUT2D eigenvalue weighted by Gasteiger charge is -2.32. The summed E-state index contributed by atoms with van der Waals surface area (Å²) in [6.45, 7) is 6.06. The third-order valence-corrected chi connectivity index (χ3v) is 6.12. The highest BCUT2D eigenvalue weighted by atomic mass is 16.5. The molecule has 0 saturated heterocycles. The lowest BCUT2D eigenvalue weighted by molar-refractivity contribution is 0.0284. The molecule has 1 aromatic rings. The first kappa shape index (κ1) is 22.1. The zero-order valence-corrected chi connectivity index (χ0v) is 18.0. The molecule has 2 aliphatic rings. The topological polar surface area (TPSA) is 69.9 Å². The first-order valence-electron chi connectivity index (χ1n) is 10.9. The van der Waals surface area contributed by atoms with Crippen molar-refractivity contribution >= 4 is 0 Å². The summed E-state index contributed by atoms with van der Waals surface area (Å²) >= 11 is 0. The van der Waals surface area contributed by atoms with Crippen molar-refractivity contribution < 1.29 is 20.1 Å². The molecule has 0 aliphatic heterocycles. The second-order valence-corrected chi connectivity index (χ2v) is 9.48. The fourth-order valence-corrected chi connectivity index (χ4v) is 4.58. The molecule has 0 aromatic heterocycles. The van der Waals surface area contributed by atoms with Crippen LogP contribution in [0.1, 0.15) is 70.8 Å². The molecule has 4 atom stereocenters. The van der Waals surface area contributed by atoms with E-state index in [1.165, 1.54) is 11.1 Å². The Labute approximate surface area is 174 Å².